The number of amides is 1. The molecule has 3 aliphatic rings. The fourth-order valence-corrected chi connectivity index (χ4v) is 2.64. The Bertz CT molecular complexity index is 374. The first-order valence-electron chi connectivity index (χ1n) is 4.96. The van der Waals surface area contributed by atoms with Crippen molar-refractivity contribution >= 4 is 5.91 Å². The van der Waals surface area contributed by atoms with Gasteiger partial charge in [0.25, 0.3) is 11.9 Å². The van der Waals surface area contributed by atoms with E-state index in [4.69, 9.17) is 9.47 Å². The normalized spacial score (nSPS) is 49.9. The molecule has 1 amide bonds. The van der Waals surface area contributed by atoms with E-state index in [2.05, 4.69) is 5.32 Å². The van der Waals surface area contributed by atoms with Crippen molar-refractivity contribution in [3.8, 4) is 0 Å². The van der Waals surface area contributed by atoms with E-state index in [-0.39, 0.29) is 13.0 Å². The van der Waals surface area contributed by atoms with Gasteiger partial charge in [-0.1, -0.05) is 0 Å². The minimum Gasteiger partial charge on any atom is -0.366 e. The molecule has 0 saturated carbocycles. The van der Waals surface area contributed by atoms with Crippen LogP contribution in [0.15, 0.2) is 0 Å². The summed E-state index contributed by atoms with van der Waals surface area (Å²) in [5, 5.41) is 23.1. The lowest BCUT2D eigenvalue weighted by Gasteiger charge is -2.44. The zero-order chi connectivity index (χ0) is 11.5. The summed E-state index contributed by atoms with van der Waals surface area (Å²) in [6.07, 6.45) is -1.29. The average Bonchev–Trinajstić information content (AvgIpc) is 2.60. The number of rotatable bonds is 1. The first-order chi connectivity index (χ1) is 7.51. The minimum absolute atomic E-state index is 0.0969. The first-order valence-corrected chi connectivity index (χ1v) is 4.96. The SMILES string of the molecule is O=C1NC2(O)C[C@@H](C3CO[C@@H]2O3)[C@@H]1[N+](=O)[O-]. The summed E-state index contributed by atoms with van der Waals surface area (Å²) < 4.78 is 10.5. The smallest absolute Gasteiger partial charge is 0.297 e. The number of fused-ring (bicyclic) bond motifs is 6. The number of nitro groups is 1. The summed E-state index contributed by atoms with van der Waals surface area (Å²) in [6, 6.07) is -1.37. The molecule has 3 saturated heterocycles. The third-order valence-electron chi connectivity index (χ3n) is 3.37. The Morgan fingerprint density at radius 2 is 2.38 bits per heavy atom. The number of piperidine rings is 1. The average molecular weight is 230 g/mol. The van der Waals surface area contributed by atoms with Crippen LogP contribution in [0.1, 0.15) is 6.42 Å². The van der Waals surface area contributed by atoms with Crippen LogP contribution in [-0.4, -0.2) is 46.7 Å². The van der Waals surface area contributed by atoms with E-state index in [1.165, 1.54) is 0 Å². The number of carbonyl (C=O) groups excluding carboxylic acids is 1. The molecule has 0 aromatic carbocycles. The molecule has 3 fully saturated rings. The van der Waals surface area contributed by atoms with Crippen LogP contribution in [0.4, 0.5) is 0 Å². The van der Waals surface area contributed by atoms with Gasteiger partial charge in [0, 0.05) is 11.3 Å². The fourth-order valence-electron chi connectivity index (χ4n) is 2.64. The molecule has 3 rings (SSSR count). The number of hydrogen-bond donors (Lipinski definition) is 2. The van der Waals surface area contributed by atoms with Crippen LogP contribution in [-0.2, 0) is 14.3 Å². The maximum atomic E-state index is 11.5. The van der Waals surface area contributed by atoms with Crippen LogP contribution in [0.5, 0.6) is 0 Å². The summed E-state index contributed by atoms with van der Waals surface area (Å²) in [7, 11) is 0. The lowest BCUT2D eigenvalue weighted by atomic mass is 9.80. The summed E-state index contributed by atoms with van der Waals surface area (Å²) in [4.78, 5) is 21.7. The number of aliphatic hydroxyl groups is 1. The summed E-state index contributed by atoms with van der Waals surface area (Å²) >= 11 is 0. The molecule has 0 aromatic rings. The molecule has 0 spiro atoms. The Labute approximate surface area is 89.7 Å². The molecule has 2 N–H and O–H groups in total. The van der Waals surface area contributed by atoms with E-state index >= 15 is 0 Å². The standard InChI is InChI=1S/C8H10N2O6/c11-6-5(10(13)14)3-1-8(12,9-6)7-15-2-4(3)16-7/h3-5,7,12H,1-2H2,(H,9,11)/t3-,4?,5-,7+,8?/m0/s1. The van der Waals surface area contributed by atoms with Crippen LogP contribution < -0.4 is 5.32 Å². The van der Waals surface area contributed by atoms with Gasteiger partial charge in [-0.2, -0.15) is 0 Å². The van der Waals surface area contributed by atoms with Gasteiger partial charge in [-0.05, 0) is 0 Å². The van der Waals surface area contributed by atoms with Gasteiger partial charge in [-0.25, -0.2) is 0 Å². The number of carbonyl (C=O) groups is 1. The van der Waals surface area contributed by atoms with Crippen molar-refractivity contribution in [3.63, 3.8) is 0 Å². The van der Waals surface area contributed by atoms with Crippen molar-refractivity contribution in [1.29, 1.82) is 0 Å². The molecule has 5 atom stereocenters. The molecule has 0 aromatic heterocycles. The summed E-state index contributed by atoms with van der Waals surface area (Å²) in [5.41, 5.74) is -1.62. The second-order valence-electron chi connectivity index (χ2n) is 4.35. The fraction of sp³-hybridized carbons (Fsp3) is 0.875. The first kappa shape index (κ1) is 9.94. The zero-order valence-electron chi connectivity index (χ0n) is 8.16. The highest BCUT2D eigenvalue weighted by molar-refractivity contribution is 5.82. The van der Waals surface area contributed by atoms with E-state index in [0.29, 0.717) is 0 Å². The van der Waals surface area contributed by atoms with Crippen LogP contribution >= 0.6 is 0 Å². The molecule has 88 valence electrons. The lowest BCUT2D eigenvalue weighted by Crippen LogP contribution is -2.70. The molecule has 3 heterocycles. The van der Waals surface area contributed by atoms with Crippen molar-refractivity contribution in [2.45, 2.75) is 30.6 Å². The maximum Gasteiger partial charge on any atom is 0.297 e. The number of ether oxygens (including phenoxy) is 2. The third-order valence-corrected chi connectivity index (χ3v) is 3.37. The molecule has 16 heavy (non-hydrogen) atoms. The van der Waals surface area contributed by atoms with E-state index in [1.54, 1.807) is 0 Å². The Kier molecular flexibility index (Phi) is 1.80. The summed E-state index contributed by atoms with van der Waals surface area (Å²) in [5.74, 6) is -1.40. The predicted octanol–water partition coefficient (Wildman–Crippen LogP) is -1.79. The summed E-state index contributed by atoms with van der Waals surface area (Å²) in [6.45, 7) is 0.178. The van der Waals surface area contributed by atoms with Gasteiger partial charge in [0.15, 0.2) is 5.72 Å². The molecule has 3 aliphatic heterocycles. The van der Waals surface area contributed by atoms with E-state index in [1.807, 2.05) is 0 Å². The van der Waals surface area contributed by atoms with Crippen LogP contribution in [0.25, 0.3) is 0 Å². The molecule has 8 heteroatoms. The maximum absolute atomic E-state index is 11.5. The van der Waals surface area contributed by atoms with Gasteiger partial charge in [-0.15, -0.1) is 0 Å². The second-order valence-corrected chi connectivity index (χ2v) is 4.35. The lowest BCUT2D eigenvalue weighted by molar-refractivity contribution is -0.526. The molecule has 8 nitrogen and oxygen atoms in total. The number of nitrogens with zero attached hydrogens (tertiary/aromatic N) is 1. The van der Waals surface area contributed by atoms with Gasteiger partial charge in [0.1, 0.15) is 0 Å². The van der Waals surface area contributed by atoms with Crippen molar-refractivity contribution in [2.24, 2.45) is 5.92 Å². The number of hydrogen-bond acceptors (Lipinski definition) is 6. The minimum atomic E-state index is -1.62. The van der Waals surface area contributed by atoms with Crippen LogP contribution in [0, 0.1) is 16.0 Å². The van der Waals surface area contributed by atoms with Gasteiger partial charge in [0.2, 0.25) is 6.29 Å². The Morgan fingerprint density at radius 1 is 1.62 bits per heavy atom. The molecule has 0 aliphatic carbocycles. The molecule has 4 bridgehead atoms. The predicted molar refractivity (Wildman–Crippen MR) is 46.6 cm³/mol. The van der Waals surface area contributed by atoms with Crippen molar-refractivity contribution in [1.82, 2.24) is 5.32 Å². The highest BCUT2D eigenvalue weighted by atomic mass is 16.7. The Hall–Kier alpha value is -1.25. The van der Waals surface area contributed by atoms with Gasteiger partial charge in [0.05, 0.1) is 18.6 Å². The Balaban J connectivity index is 1.99. The highest BCUT2D eigenvalue weighted by Crippen LogP contribution is 2.42. The highest BCUT2D eigenvalue weighted by Gasteiger charge is 2.63. The quantitative estimate of drug-likeness (QED) is 0.406. The molecular weight excluding hydrogens is 220 g/mol. The van der Waals surface area contributed by atoms with Gasteiger partial charge < -0.3 is 19.9 Å². The largest absolute Gasteiger partial charge is 0.366 e. The second kappa shape index (κ2) is 2.90. The van der Waals surface area contributed by atoms with Crippen molar-refractivity contribution < 1.29 is 24.3 Å². The van der Waals surface area contributed by atoms with Gasteiger partial charge >= 0.3 is 0 Å². The van der Waals surface area contributed by atoms with Crippen molar-refractivity contribution in [3.05, 3.63) is 10.1 Å². The molecule has 2 unspecified atom stereocenters. The number of nitrogens with one attached hydrogen (secondary N) is 1. The van der Waals surface area contributed by atoms with Crippen LogP contribution in [0.2, 0.25) is 0 Å². The Morgan fingerprint density at radius 3 is 3.06 bits per heavy atom. The third kappa shape index (κ3) is 1.11. The van der Waals surface area contributed by atoms with E-state index in [9.17, 15) is 20.0 Å². The topological polar surface area (TPSA) is 111 Å². The molecular formula is C8H10N2O6. The van der Waals surface area contributed by atoms with Gasteiger partial charge in [-0.3, -0.25) is 14.9 Å². The molecule has 0 radical (unpaired) electrons. The zero-order valence-corrected chi connectivity index (χ0v) is 8.16. The van der Waals surface area contributed by atoms with Crippen molar-refractivity contribution in [2.75, 3.05) is 6.61 Å². The van der Waals surface area contributed by atoms with Crippen LogP contribution in [0.3, 0.4) is 0 Å². The van der Waals surface area contributed by atoms with E-state index < -0.39 is 40.9 Å². The monoisotopic (exact) mass is 230 g/mol. The van der Waals surface area contributed by atoms with E-state index in [0.717, 1.165) is 0 Å².